The van der Waals surface area contributed by atoms with Gasteiger partial charge in [-0.15, -0.1) is 0 Å². The average Bonchev–Trinajstić information content (AvgIpc) is 3.09. The van der Waals surface area contributed by atoms with E-state index in [1.54, 1.807) is 12.1 Å². The van der Waals surface area contributed by atoms with Gasteiger partial charge in [0.15, 0.2) is 0 Å². The van der Waals surface area contributed by atoms with Gasteiger partial charge in [-0.2, -0.15) is 0 Å². The molecular formula is C18H24FNO2. The van der Waals surface area contributed by atoms with Crippen LogP contribution >= 0.6 is 0 Å². The van der Waals surface area contributed by atoms with E-state index in [9.17, 15) is 14.3 Å². The number of amides is 1. The van der Waals surface area contributed by atoms with Crippen LogP contribution in [0.25, 0.3) is 0 Å². The van der Waals surface area contributed by atoms with Crippen molar-refractivity contribution in [3.8, 4) is 0 Å². The van der Waals surface area contributed by atoms with E-state index in [2.05, 4.69) is 0 Å². The van der Waals surface area contributed by atoms with Crippen LogP contribution in [0.1, 0.15) is 50.2 Å². The predicted octanol–water partition coefficient (Wildman–Crippen LogP) is 3.29. The lowest BCUT2D eigenvalue weighted by Crippen LogP contribution is -2.42. The normalized spacial score (nSPS) is 22.0. The number of benzene rings is 1. The van der Waals surface area contributed by atoms with Crippen LogP contribution in [-0.4, -0.2) is 29.0 Å². The molecule has 1 aliphatic heterocycles. The van der Waals surface area contributed by atoms with Crippen molar-refractivity contribution in [3.63, 3.8) is 0 Å². The Bertz CT molecular complexity index is 502. The number of aliphatic hydroxyl groups is 1. The second kappa shape index (κ2) is 6.78. The number of halogens is 1. The summed E-state index contributed by atoms with van der Waals surface area (Å²) in [7, 11) is 0. The summed E-state index contributed by atoms with van der Waals surface area (Å²) in [6.45, 7) is 1.47. The molecule has 0 aromatic heterocycles. The lowest BCUT2D eigenvalue weighted by Gasteiger charge is -2.35. The molecule has 1 heterocycles. The molecule has 0 spiro atoms. The van der Waals surface area contributed by atoms with Crippen molar-refractivity contribution in [1.82, 2.24) is 4.90 Å². The summed E-state index contributed by atoms with van der Waals surface area (Å²) in [4.78, 5) is 14.4. The first kappa shape index (κ1) is 15.5. The first-order valence-corrected chi connectivity index (χ1v) is 8.37. The monoisotopic (exact) mass is 305 g/mol. The van der Waals surface area contributed by atoms with Crippen LogP contribution in [0, 0.1) is 17.7 Å². The molecule has 1 saturated carbocycles. The molecule has 2 fully saturated rings. The molecule has 22 heavy (non-hydrogen) atoms. The smallest absolute Gasteiger partial charge is 0.225 e. The van der Waals surface area contributed by atoms with E-state index in [1.807, 2.05) is 4.90 Å². The molecule has 3 nitrogen and oxygen atoms in total. The van der Waals surface area contributed by atoms with Crippen LogP contribution in [-0.2, 0) is 4.79 Å². The van der Waals surface area contributed by atoms with Gasteiger partial charge >= 0.3 is 0 Å². The van der Waals surface area contributed by atoms with E-state index in [1.165, 1.54) is 25.0 Å². The number of hydrogen-bond donors (Lipinski definition) is 1. The highest BCUT2D eigenvalue weighted by Crippen LogP contribution is 2.33. The minimum Gasteiger partial charge on any atom is -0.388 e. The third-order valence-corrected chi connectivity index (χ3v) is 5.21. The zero-order valence-corrected chi connectivity index (χ0v) is 12.9. The van der Waals surface area contributed by atoms with E-state index < -0.39 is 6.10 Å². The summed E-state index contributed by atoms with van der Waals surface area (Å²) < 4.78 is 13.0. The van der Waals surface area contributed by atoms with E-state index in [0.29, 0.717) is 5.91 Å². The highest BCUT2D eigenvalue weighted by atomic mass is 19.1. The summed E-state index contributed by atoms with van der Waals surface area (Å²) in [5, 5.41) is 10.4. The molecule has 0 bridgehead atoms. The second-order valence-electron chi connectivity index (χ2n) is 6.64. The van der Waals surface area contributed by atoms with E-state index >= 15 is 0 Å². The molecule has 1 aromatic carbocycles. The fraction of sp³-hybridized carbons (Fsp3) is 0.611. The zero-order chi connectivity index (χ0) is 15.5. The van der Waals surface area contributed by atoms with Gasteiger partial charge in [-0.1, -0.05) is 25.0 Å². The largest absolute Gasteiger partial charge is 0.388 e. The molecule has 1 N–H and O–H groups in total. The van der Waals surface area contributed by atoms with Gasteiger partial charge in [0.25, 0.3) is 0 Å². The summed E-state index contributed by atoms with van der Waals surface area (Å²) in [5.74, 6) is 0.414. The Kier molecular flexibility index (Phi) is 4.77. The number of hydrogen-bond acceptors (Lipinski definition) is 2. The van der Waals surface area contributed by atoms with Crippen LogP contribution in [0.2, 0.25) is 0 Å². The number of nitrogens with zero attached hydrogens (tertiary/aromatic N) is 1. The molecule has 1 amide bonds. The quantitative estimate of drug-likeness (QED) is 0.931. The fourth-order valence-corrected chi connectivity index (χ4v) is 3.80. The number of likely N-dealkylation sites (tertiary alicyclic amines) is 1. The van der Waals surface area contributed by atoms with Crippen molar-refractivity contribution in [2.45, 2.75) is 44.6 Å². The first-order chi connectivity index (χ1) is 10.6. The van der Waals surface area contributed by atoms with Crippen molar-refractivity contribution >= 4 is 5.91 Å². The molecule has 4 heteroatoms. The topological polar surface area (TPSA) is 40.5 Å². The van der Waals surface area contributed by atoms with Crippen LogP contribution in [0.5, 0.6) is 0 Å². The maximum atomic E-state index is 13.0. The van der Waals surface area contributed by atoms with Crippen molar-refractivity contribution in [2.24, 2.45) is 11.8 Å². The highest BCUT2D eigenvalue weighted by molar-refractivity contribution is 5.79. The van der Waals surface area contributed by atoms with Gasteiger partial charge in [-0.3, -0.25) is 4.79 Å². The van der Waals surface area contributed by atoms with Crippen LogP contribution in [0.4, 0.5) is 4.39 Å². The van der Waals surface area contributed by atoms with E-state index in [-0.39, 0.29) is 17.7 Å². The van der Waals surface area contributed by atoms with Crippen LogP contribution in [0.3, 0.4) is 0 Å². The summed E-state index contributed by atoms with van der Waals surface area (Å²) in [5.41, 5.74) is 0.766. The molecule has 1 aliphatic carbocycles. The SMILES string of the molecule is O=C(C1CCCC1)N1CCC([C@@H](O)c2ccc(F)cc2)CC1. The maximum absolute atomic E-state index is 13.0. The molecule has 1 saturated heterocycles. The van der Waals surface area contributed by atoms with Gasteiger partial charge in [0.05, 0.1) is 6.10 Å². The van der Waals surface area contributed by atoms with Crippen molar-refractivity contribution in [3.05, 3.63) is 35.6 Å². The van der Waals surface area contributed by atoms with Crippen molar-refractivity contribution in [1.29, 1.82) is 0 Å². The van der Waals surface area contributed by atoms with Gasteiger partial charge in [-0.25, -0.2) is 4.39 Å². The maximum Gasteiger partial charge on any atom is 0.225 e. The van der Waals surface area contributed by atoms with Gasteiger partial charge in [0.1, 0.15) is 5.82 Å². The minimum absolute atomic E-state index is 0.151. The molecule has 3 rings (SSSR count). The van der Waals surface area contributed by atoms with Crippen molar-refractivity contribution < 1.29 is 14.3 Å². The Hall–Kier alpha value is -1.42. The second-order valence-corrected chi connectivity index (χ2v) is 6.64. The molecular weight excluding hydrogens is 281 g/mol. The Morgan fingerprint density at radius 1 is 1.09 bits per heavy atom. The molecule has 120 valence electrons. The molecule has 0 unspecified atom stereocenters. The standard InChI is InChI=1S/C18H24FNO2/c19-16-7-5-13(6-8-16)17(21)14-9-11-20(12-10-14)18(22)15-3-1-2-4-15/h5-8,14-15,17,21H,1-4,9-12H2/t17-/m0/s1. The van der Waals surface area contributed by atoms with Crippen molar-refractivity contribution in [2.75, 3.05) is 13.1 Å². The van der Waals surface area contributed by atoms with E-state index in [0.717, 1.165) is 44.3 Å². The summed E-state index contributed by atoms with van der Waals surface area (Å²) >= 11 is 0. The summed E-state index contributed by atoms with van der Waals surface area (Å²) in [6.07, 6.45) is 5.50. The predicted molar refractivity (Wildman–Crippen MR) is 82.6 cm³/mol. The number of carbonyl (C=O) groups is 1. The van der Waals surface area contributed by atoms with E-state index in [4.69, 9.17) is 0 Å². The van der Waals surface area contributed by atoms with Gasteiger partial charge in [0, 0.05) is 19.0 Å². The number of piperidine rings is 1. The first-order valence-electron chi connectivity index (χ1n) is 8.37. The number of carbonyl (C=O) groups excluding carboxylic acids is 1. The Morgan fingerprint density at radius 3 is 2.27 bits per heavy atom. The summed E-state index contributed by atoms with van der Waals surface area (Å²) in [6, 6.07) is 6.07. The Morgan fingerprint density at radius 2 is 1.68 bits per heavy atom. The average molecular weight is 305 g/mol. The molecule has 0 radical (unpaired) electrons. The lowest BCUT2D eigenvalue weighted by atomic mass is 9.87. The molecule has 1 aromatic rings. The third kappa shape index (κ3) is 3.32. The van der Waals surface area contributed by atoms with Crippen LogP contribution in [0.15, 0.2) is 24.3 Å². The fourth-order valence-electron chi connectivity index (χ4n) is 3.80. The van der Waals surface area contributed by atoms with Gasteiger partial charge in [0.2, 0.25) is 5.91 Å². The molecule has 1 atom stereocenters. The Balaban J connectivity index is 1.54. The minimum atomic E-state index is -0.565. The highest BCUT2D eigenvalue weighted by Gasteiger charge is 2.32. The number of rotatable bonds is 3. The van der Waals surface area contributed by atoms with Gasteiger partial charge < -0.3 is 10.0 Å². The Labute approximate surface area is 131 Å². The van der Waals surface area contributed by atoms with Gasteiger partial charge in [-0.05, 0) is 49.3 Å². The number of aliphatic hydroxyl groups excluding tert-OH is 1. The zero-order valence-electron chi connectivity index (χ0n) is 12.9. The van der Waals surface area contributed by atoms with Crippen LogP contribution < -0.4 is 0 Å². The molecule has 2 aliphatic rings. The lowest BCUT2D eigenvalue weighted by molar-refractivity contribution is -0.137. The third-order valence-electron chi connectivity index (χ3n) is 5.21.